The minimum absolute atomic E-state index is 0.135. The van der Waals surface area contributed by atoms with Gasteiger partial charge in [0.25, 0.3) is 0 Å². The van der Waals surface area contributed by atoms with Crippen LogP contribution in [0.1, 0.15) is 31.9 Å². The number of aromatic amines is 1. The van der Waals surface area contributed by atoms with Crippen molar-refractivity contribution in [2.24, 2.45) is 11.7 Å². The third kappa shape index (κ3) is 7.90. The number of nitrogens with two attached hydrogens (primary N) is 1. The fourth-order valence-electron chi connectivity index (χ4n) is 4.39. The number of carboxylic acids is 1. The van der Waals surface area contributed by atoms with Crippen LogP contribution in [-0.2, 0) is 32.0 Å². The van der Waals surface area contributed by atoms with Crippen molar-refractivity contribution >= 4 is 34.6 Å². The lowest BCUT2D eigenvalue weighted by atomic mass is 9.99. The van der Waals surface area contributed by atoms with Gasteiger partial charge in [-0.15, -0.1) is 0 Å². The molecule has 2 aromatic carbocycles. The van der Waals surface area contributed by atoms with Crippen LogP contribution in [0.5, 0.6) is 0 Å². The van der Waals surface area contributed by atoms with Crippen LogP contribution in [0.2, 0.25) is 0 Å². The number of amides is 3. The molecule has 0 spiro atoms. The Kier molecular flexibility index (Phi) is 10.4. The van der Waals surface area contributed by atoms with Crippen molar-refractivity contribution in [2.75, 3.05) is 0 Å². The normalized spacial score (nSPS) is 15.1. The number of fused-ring (bicyclic) bond motifs is 1. The number of H-pyrrole nitrogens is 1. The molecule has 11 nitrogen and oxygen atoms in total. The molecule has 3 amide bonds. The second-order valence-corrected chi connectivity index (χ2v) is 10.2. The minimum Gasteiger partial charge on any atom is -0.480 e. The van der Waals surface area contributed by atoms with Gasteiger partial charge in [0.1, 0.15) is 12.1 Å². The highest BCUT2D eigenvalue weighted by Gasteiger charge is 2.33. The molecule has 0 saturated carbocycles. The Hall–Kier alpha value is -4.22. The molecule has 0 radical (unpaired) electrons. The Bertz CT molecular complexity index is 1320. The number of carbonyl (C=O) groups is 4. The van der Waals surface area contributed by atoms with Gasteiger partial charge in [0.2, 0.25) is 17.7 Å². The van der Waals surface area contributed by atoms with Gasteiger partial charge >= 0.3 is 5.97 Å². The van der Waals surface area contributed by atoms with Crippen molar-refractivity contribution in [1.29, 1.82) is 0 Å². The largest absolute Gasteiger partial charge is 0.480 e. The fraction of sp³-hybridized carbons (Fsp3) is 0.379. The van der Waals surface area contributed by atoms with E-state index in [9.17, 15) is 29.4 Å². The monoisotopic (exact) mass is 551 g/mol. The van der Waals surface area contributed by atoms with E-state index < -0.39 is 59.9 Å². The molecule has 5 unspecified atom stereocenters. The number of carboxylic acid groups (broad SMARTS) is 1. The van der Waals surface area contributed by atoms with Gasteiger partial charge in [-0.1, -0.05) is 62.4 Å². The molecule has 0 fully saturated rings. The highest BCUT2D eigenvalue weighted by Crippen LogP contribution is 2.19. The smallest absolute Gasteiger partial charge is 0.328 e. The van der Waals surface area contributed by atoms with Crippen LogP contribution in [-0.4, -0.2) is 69.2 Å². The average Bonchev–Trinajstić information content (AvgIpc) is 3.32. The standard InChI is InChI=1S/C29H37N5O6/c1-16(2)24(28(38)34-25(17(3)35)29(39)40)33-27(37)23(13-18-9-5-4-6-10-18)32-26(36)21(30)14-19-15-31-22-12-8-7-11-20(19)22/h4-12,15-17,21,23-25,31,35H,13-14,30H2,1-3H3,(H,32,36)(H,33,37)(H,34,38)(H,39,40). The molecule has 3 rings (SSSR count). The van der Waals surface area contributed by atoms with Gasteiger partial charge in [-0.3, -0.25) is 14.4 Å². The summed E-state index contributed by atoms with van der Waals surface area (Å²) in [7, 11) is 0. The van der Waals surface area contributed by atoms with Crippen LogP contribution >= 0.6 is 0 Å². The zero-order chi connectivity index (χ0) is 29.4. The molecule has 3 aromatic rings. The highest BCUT2D eigenvalue weighted by atomic mass is 16.4. The first kappa shape index (κ1) is 30.3. The third-order valence-electron chi connectivity index (χ3n) is 6.66. The number of rotatable bonds is 13. The van der Waals surface area contributed by atoms with Crippen LogP contribution in [0, 0.1) is 5.92 Å². The van der Waals surface area contributed by atoms with Gasteiger partial charge in [0, 0.05) is 23.5 Å². The minimum atomic E-state index is -1.55. The summed E-state index contributed by atoms with van der Waals surface area (Å²) in [4.78, 5) is 54.1. The van der Waals surface area contributed by atoms with E-state index in [0.29, 0.717) is 0 Å². The topological polar surface area (TPSA) is 187 Å². The molecule has 1 aromatic heterocycles. The Balaban J connectivity index is 1.76. The number of aliphatic hydroxyl groups excluding tert-OH is 1. The Labute approximate surface area is 232 Å². The maximum Gasteiger partial charge on any atom is 0.328 e. The maximum absolute atomic E-state index is 13.5. The number of aliphatic carboxylic acids is 1. The van der Waals surface area contributed by atoms with E-state index in [1.54, 1.807) is 32.2 Å². The first-order chi connectivity index (χ1) is 19.0. The summed E-state index contributed by atoms with van der Waals surface area (Å²) in [5.74, 6) is -3.76. The number of benzene rings is 2. The average molecular weight is 552 g/mol. The zero-order valence-corrected chi connectivity index (χ0v) is 22.8. The van der Waals surface area contributed by atoms with Gasteiger partial charge in [-0.2, -0.15) is 0 Å². The number of para-hydroxylation sites is 1. The second-order valence-electron chi connectivity index (χ2n) is 10.2. The first-order valence-electron chi connectivity index (χ1n) is 13.1. The third-order valence-corrected chi connectivity index (χ3v) is 6.66. The molecule has 0 saturated heterocycles. The molecule has 0 bridgehead atoms. The lowest BCUT2D eigenvalue weighted by molar-refractivity contribution is -0.145. The van der Waals surface area contributed by atoms with Gasteiger partial charge in [-0.05, 0) is 36.5 Å². The summed E-state index contributed by atoms with van der Waals surface area (Å²) in [6.07, 6.45) is 0.822. The molecule has 214 valence electrons. The summed E-state index contributed by atoms with van der Waals surface area (Å²) in [6.45, 7) is 4.61. The number of aliphatic hydroxyl groups is 1. The van der Waals surface area contributed by atoms with Crippen molar-refractivity contribution in [2.45, 2.75) is 63.9 Å². The molecule has 0 aliphatic carbocycles. The van der Waals surface area contributed by atoms with Crippen molar-refractivity contribution in [3.05, 3.63) is 71.9 Å². The predicted molar refractivity (Wildman–Crippen MR) is 150 cm³/mol. The molecule has 0 aliphatic heterocycles. The summed E-state index contributed by atoms with van der Waals surface area (Å²) >= 11 is 0. The van der Waals surface area contributed by atoms with E-state index in [-0.39, 0.29) is 12.8 Å². The molecular formula is C29H37N5O6. The fourth-order valence-corrected chi connectivity index (χ4v) is 4.39. The molecule has 5 atom stereocenters. The van der Waals surface area contributed by atoms with Crippen LogP contribution in [0.3, 0.4) is 0 Å². The number of carbonyl (C=O) groups excluding carboxylic acids is 3. The number of nitrogens with one attached hydrogen (secondary N) is 4. The molecular weight excluding hydrogens is 514 g/mol. The van der Waals surface area contributed by atoms with Crippen molar-refractivity contribution < 1.29 is 29.4 Å². The summed E-state index contributed by atoms with van der Waals surface area (Å²) in [5.41, 5.74) is 8.81. The maximum atomic E-state index is 13.5. The zero-order valence-electron chi connectivity index (χ0n) is 22.8. The second kappa shape index (κ2) is 13.7. The van der Waals surface area contributed by atoms with E-state index in [0.717, 1.165) is 22.0 Å². The van der Waals surface area contributed by atoms with E-state index in [1.165, 1.54) is 6.92 Å². The van der Waals surface area contributed by atoms with Crippen molar-refractivity contribution in [1.82, 2.24) is 20.9 Å². The van der Waals surface area contributed by atoms with Gasteiger partial charge in [0.05, 0.1) is 12.1 Å². The van der Waals surface area contributed by atoms with Crippen LogP contribution in [0.25, 0.3) is 10.9 Å². The summed E-state index contributed by atoms with van der Waals surface area (Å²) in [6, 6.07) is 12.0. The lowest BCUT2D eigenvalue weighted by Crippen LogP contribution is -2.60. The van der Waals surface area contributed by atoms with Crippen molar-refractivity contribution in [3.63, 3.8) is 0 Å². The molecule has 11 heteroatoms. The molecule has 1 heterocycles. The highest BCUT2D eigenvalue weighted by molar-refractivity contribution is 5.94. The molecule has 8 N–H and O–H groups in total. The van der Waals surface area contributed by atoms with Gasteiger partial charge < -0.3 is 36.9 Å². The van der Waals surface area contributed by atoms with Crippen LogP contribution in [0.15, 0.2) is 60.8 Å². The van der Waals surface area contributed by atoms with E-state index in [4.69, 9.17) is 5.73 Å². The Morgan fingerprint density at radius 3 is 2.08 bits per heavy atom. The number of hydrogen-bond acceptors (Lipinski definition) is 6. The van der Waals surface area contributed by atoms with E-state index >= 15 is 0 Å². The Morgan fingerprint density at radius 2 is 1.45 bits per heavy atom. The van der Waals surface area contributed by atoms with Gasteiger partial charge in [-0.25, -0.2) is 4.79 Å². The first-order valence-corrected chi connectivity index (χ1v) is 13.1. The summed E-state index contributed by atoms with van der Waals surface area (Å²) in [5, 5.41) is 27.7. The number of aromatic nitrogens is 1. The predicted octanol–water partition coefficient (Wildman–Crippen LogP) is 0.856. The Morgan fingerprint density at radius 1 is 0.825 bits per heavy atom. The lowest BCUT2D eigenvalue weighted by Gasteiger charge is -2.27. The number of hydrogen-bond donors (Lipinski definition) is 7. The van der Waals surface area contributed by atoms with Crippen LogP contribution < -0.4 is 21.7 Å². The van der Waals surface area contributed by atoms with E-state index in [2.05, 4.69) is 20.9 Å². The van der Waals surface area contributed by atoms with Crippen molar-refractivity contribution in [3.8, 4) is 0 Å². The summed E-state index contributed by atoms with van der Waals surface area (Å²) < 4.78 is 0. The quantitative estimate of drug-likeness (QED) is 0.164. The molecule has 0 aliphatic rings. The van der Waals surface area contributed by atoms with E-state index in [1.807, 2.05) is 42.5 Å². The SMILES string of the molecule is CC(C)C(NC(=O)C(Cc1ccccc1)NC(=O)C(N)Cc1c[nH]c2ccccc12)C(=O)NC(C(=O)O)C(C)O. The molecule has 40 heavy (non-hydrogen) atoms. The van der Waals surface area contributed by atoms with Gasteiger partial charge in [0.15, 0.2) is 6.04 Å². The van der Waals surface area contributed by atoms with Crippen LogP contribution in [0.4, 0.5) is 0 Å².